The molecule has 1 atom stereocenters. The second-order valence-corrected chi connectivity index (χ2v) is 2.88. The van der Waals surface area contributed by atoms with Crippen molar-refractivity contribution in [3.05, 3.63) is 35.9 Å². The van der Waals surface area contributed by atoms with Gasteiger partial charge in [0.1, 0.15) is 0 Å². The number of hydrogen-bond acceptors (Lipinski definition) is 3. The molecular formula is C10H16N2O. The Morgan fingerprint density at radius 1 is 1.31 bits per heavy atom. The van der Waals surface area contributed by atoms with Crippen LogP contribution in [0.4, 0.5) is 0 Å². The van der Waals surface area contributed by atoms with E-state index in [0.717, 1.165) is 0 Å². The topological polar surface area (TPSA) is 58.3 Å². The van der Waals surface area contributed by atoms with Crippen LogP contribution in [-0.4, -0.2) is 24.8 Å². The number of aliphatic hydroxyl groups is 1. The monoisotopic (exact) mass is 180 g/mol. The van der Waals surface area contributed by atoms with Gasteiger partial charge in [0.05, 0.1) is 6.61 Å². The van der Waals surface area contributed by atoms with E-state index >= 15 is 0 Å². The first-order valence-corrected chi connectivity index (χ1v) is 4.47. The van der Waals surface area contributed by atoms with Crippen LogP contribution in [0.1, 0.15) is 11.6 Å². The minimum Gasteiger partial charge on any atom is -0.395 e. The first-order chi connectivity index (χ1) is 6.38. The SMILES string of the molecule is NCC(NCCO)c1ccccc1. The third-order valence-corrected chi connectivity index (χ3v) is 1.94. The maximum absolute atomic E-state index is 8.65. The summed E-state index contributed by atoms with van der Waals surface area (Å²) in [5.41, 5.74) is 6.77. The lowest BCUT2D eigenvalue weighted by molar-refractivity contribution is 0.285. The molecule has 0 aliphatic heterocycles. The van der Waals surface area contributed by atoms with Crippen molar-refractivity contribution in [3.63, 3.8) is 0 Å². The van der Waals surface area contributed by atoms with Gasteiger partial charge in [-0.05, 0) is 5.56 Å². The molecule has 4 N–H and O–H groups in total. The Morgan fingerprint density at radius 2 is 2.00 bits per heavy atom. The van der Waals surface area contributed by atoms with E-state index < -0.39 is 0 Å². The standard InChI is InChI=1S/C10H16N2O/c11-8-10(12-6-7-13)9-4-2-1-3-5-9/h1-5,10,12-13H,6-8,11H2. The van der Waals surface area contributed by atoms with Crippen molar-refractivity contribution in [2.45, 2.75) is 6.04 Å². The summed E-state index contributed by atoms with van der Waals surface area (Å²) in [5.74, 6) is 0. The second kappa shape index (κ2) is 5.70. The van der Waals surface area contributed by atoms with Crippen LogP contribution in [0.25, 0.3) is 0 Å². The van der Waals surface area contributed by atoms with Crippen molar-refractivity contribution in [2.75, 3.05) is 19.7 Å². The fraction of sp³-hybridized carbons (Fsp3) is 0.400. The van der Waals surface area contributed by atoms with Crippen molar-refractivity contribution in [3.8, 4) is 0 Å². The zero-order chi connectivity index (χ0) is 9.52. The summed E-state index contributed by atoms with van der Waals surface area (Å²) in [6.07, 6.45) is 0. The number of benzene rings is 1. The largest absolute Gasteiger partial charge is 0.395 e. The van der Waals surface area contributed by atoms with Gasteiger partial charge in [0.15, 0.2) is 0 Å². The molecule has 1 rings (SSSR count). The fourth-order valence-corrected chi connectivity index (χ4v) is 1.26. The van der Waals surface area contributed by atoms with Crippen LogP contribution in [0, 0.1) is 0 Å². The smallest absolute Gasteiger partial charge is 0.0556 e. The first kappa shape index (κ1) is 10.2. The third-order valence-electron chi connectivity index (χ3n) is 1.94. The normalized spacial score (nSPS) is 12.8. The predicted octanol–water partition coefficient (Wildman–Crippen LogP) is 0.268. The van der Waals surface area contributed by atoms with Crippen molar-refractivity contribution in [2.24, 2.45) is 5.73 Å². The maximum atomic E-state index is 8.65. The number of aliphatic hydroxyl groups excluding tert-OH is 1. The summed E-state index contributed by atoms with van der Waals surface area (Å²) in [5, 5.41) is 11.8. The minimum atomic E-state index is 0.142. The highest BCUT2D eigenvalue weighted by Gasteiger charge is 2.06. The molecule has 13 heavy (non-hydrogen) atoms. The Labute approximate surface area is 78.6 Å². The number of nitrogens with one attached hydrogen (secondary N) is 1. The summed E-state index contributed by atoms with van der Waals surface area (Å²) in [6.45, 7) is 1.27. The van der Waals surface area contributed by atoms with Gasteiger partial charge in [-0.25, -0.2) is 0 Å². The van der Waals surface area contributed by atoms with E-state index in [-0.39, 0.29) is 12.6 Å². The van der Waals surface area contributed by atoms with E-state index in [9.17, 15) is 0 Å². The Morgan fingerprint density at radius 3 is 2.54 bits per heavy atom. The number of nitrogens with two attached hydrogens (primary N) is 1. The fourth-order valence-electron chi connectivity index (χ4n) is 1.26. The van der Waals surface area contributed by atoms with Gasteiger partial charge in [0, 0.05) is 19.1 Å². The summed E-state index contributed by atoms with van der Waals surface area (Å²) in [7, 11) is 0. The molecule has 0 spiro atoms. The minimum absolute atomic E-state index is 0.142. The highest BCUT2D eigenvalue weighted by molar-refractivity contribution is 5.19. The maximum Gasteiger partial charge on any atom is 0.0556 e. The molecule has 1 aromatic carbocycles. The van der Waals surface area contributed by atoms with Gasteiger partial charge in [-0.1, -0.05) is 30.3 Å². The summed E-state index contributed by atoms with van der Waals surface area (Å²) < 4.78 is 0. The van der Waals surface area contributed by atoms with Crippen LogP contribution in [0.2, 0.25) is 0 Å². The van der Waals surface area contributed by atoms with Crippen LogP contribution in [0.5, 0.6) is 0 Å². The molecule has 1 unspecified atom stereocenters. The molecular weight excluding hydrogens is 164 g/mol. The molecule has 72 valence electrons. The highest BCUT2D eigenvalue weighted by Crippen LogP contribution is 2.09. The lowest BCUT2D eigenvalue weighted by Crippen LogP contribution is -2.30. The van der Waals surface area contributed by atoms with E-state index in [1.165, 1.54) is 5.56 Å². The van der Waals surface area contributed by atoms with Crippen LogP contribution in [-0.2, 0) is 0 Å². The first-order valence-electron chi connectivity index (χ1n) is 4.47. The van der Waals surface area contributed by atoms with Crippen molar-refractivity contribution in [1.82, 2.24) is 5.32 Å². The van der Waals surface area contributed by atoms with Gasteiger partial charge in [-0.15, -0.1) is 0 Å². The van der Waals surface area contributed by atoms with Crippen LogP contribution in [0.15, 0.2) is 30.3 Å². The quantitative estimate of drug-likeness (QED) is 0.609. The Balaban J connectivity index is 2.56. The Kier molecular flexibility index (Phi) is 4.46. The highest BCUT2D eigenvalue weighted by atomic mass is 16.3. The van der Waals surface area contributed by atoms with E-state index in [4.69, 9.17) is 10.8 Å². The predicted molar refractivity (Wildman–Crippen MR) is 53.3 cm³/mol. The van der Waals surface area contributed by atoms with Crippen molar-refractivity contribution in [1.29, 1.82) is 0 Å². The number of rotatable bonds is 5. The lowest BCUT2D eigenvalue weighted by Gasteiger charge is -2.16. The van der Waals surface area contributed by atoms with Crippen LogP contribution in [0.3, 0.4) is 0 Å². The lowest BCUT2D eigenvalue weighted by atomic mass is 10.1. The van der Waals surface area contributed by atoms with Gasteiger partial charge in [-0.3, -0.25) is 0 Å². The molecule has 3 nitrogen and oxygen atoms in total. The van der Waals surface area contributed by atoms with Gasteiger partial charge in [-0.2, -0.15) is 0 Å². The van der Waals surface area contributed by atoms with E-state index in [1.54, 1.807) is 0 Å². The molecule has 0 aliphatic rings. The molecule has 0 aliphatic carbocycles. The molecule has 0 saturated carbocycles. The zero-order valence-electron chi connectivity index (χ0n) is 7.61. The van der Waals surface area contributed by atoms with Gasteiger partial charge in [0.25, 0.3) is 0 Å². The van der Waals surface area contributed by atoms with E-state index in [2.05, 4.69) is 5.32 Å². The third kappa shape index (κ3) is 3.14. The number of hydrogen-bond donors (Lipinski definition) is 3. The molecule has 0 fully saturated rings. The van der Waals surface area contributed by atoms with Crippen molar-refractivity contribution >= 4 is 0 Å². The van der Waals surface area contributed by atoms with Crippen LogP contribution < -0.4 is 11.1 Å². The van der Waals surface area contributed by atoms with Gasteiger partial charge < -0.3 is 16.2 Å². The average Bonchev–Trinajstić information content (AvgIpc) is 2.21. The molecule has 0 aromatic heterocycles. The van der Waals surface area contributed by atoms with E-state index in [0.29, 0.717) is 13.1 Å². The molecule has 0 amide bonds. The summed E-state index contributed by atoms with van der Waals surface area (Å²) in [6, 6.07) is 10.2. The molecule has 0 bridgehead atoms. The second-order valence-electron chi connectivity index (χ2n) is 2.88. The Hall–Kier alpha value is -0.900. The molecule has 0 saturated heterocycles. The van der Waals surface area contributed by atoms with Gasteiger partial charge in [0.2, 0.25) is 0 Å². The summed E-state index contributed by atoms with van der Waals surface area (Å²) in [4.78, 5) is 0. The molecule has 1 aromatic rings. The van der Waals surface area contributed by atoms with Crippen molar-refractivity contribution < 1.29 is 5.11 Å². The molecule has 0 heterocycles. The average molecular weight is 180 g/mol. The van der Waals surface area contributed by atoms with Gasteiger partial charge >= 0.3 is 0 Å². The van der Waals surface area contributed by atoms with Crippen LogP contribution >= 0.6 is 0 Å². The zero-order valence-corrected chi connectivity index (χ0v) is 7.61. The van der Waals surface area contributed by atoms with E-state index in [1.807, 2.05) is 30.3 Å². The summed E-state index contributed by atoms with van der Waals surface area (Å²) >= 11 is 0. The molecule has 0 radical (unpaired) electrons. The molecule has 3 heteroatoms. The Bertz CT molecular complexity index is 226.